The van der Waals surface area contributed by atoms with Crippen LogP contribution < -0.4 is 15.8 Å². The molecular weight excluding hydrogens is 204 g/mol. The van der Waals surface area contributed by atoms with Crippen LogP contribution in [0.1, 0.15) is 18.9 Å². The van der Waals surface area contributed by atoms with Crippen molar-refractivity contribution >= 4 is 5.91 Å². The van der Waals surface area contributed by atoms with E-state index in [1.165, 1.54) is 0 Å². The number of rotatable bonds is 5. The molecule has 1 amide bonds. The van der Waals surface area contributed by atoms with E-state index in [9.17, 15) is 4.79 Å². The minimum Gasteiger partial charge on any atom is -0.497 e. The molecule has 16 heavy (non-hydrogen) atoms. The second kappa shape index (κ2) is 4.99. The SMILES string of the molecule is CCC(NC)(C(N)=O)c1ccc(OC)cc1. The van der Waals surface area contributed by atoms with Crippen molar-refractivity contribution in [2.75, 3.05) is 14.2 Å². The number of hydrogen-bond acceptors (Lipinski definition) is 3. The van der Waals surface area contributed by atoms with Gasteiger partial charge in [0.1, 0.15) is 11.3 Å². The smallest absolute Gasteiger partial charge is 0.242 e. The number of methoxy groups -OCH3 is 1. The van der Waals surface area contributed by atoms with Crippen molar-refractivity contribution < 1.29 is 9.53 Å². The molecule has 0 heterocycles. The van der Waals surface area contributed by atoms with Gasteiger partial charge in [-0.1, -0.05) is 19.1 Å². The molecule has 0 radical (unpaired) electrons. The number of nitrogens with one attached hydrogen (secondary N) is 1. The Morgan fingerprint density at radius 3 is 2.31 bits per heavy atom. The maximum Gasteiger partial charge on any atom is 0.242 e. The number of benzene rings is 1. The van der Waals surface area contributed by atoms with Crippen LogP contribution in [0.3, 0.4) is 0 Å². The molecule has 1 unspecified atom stereocenters. The van der Waals surface area contributed by atoms with E-state index in [0.717, 1.165) is 11.3 Å². The van der Waals surface area contributed by atoms with Crippen molar-refractivity contribution in [2.24, 2.45) is 5.73 Å². The Balaban J connectivity index is 3.16. The third-order valence-corrected chi connectivity index (χ3v) is 2.96. The fourth-order valence-corrected chi connectivity index (χ4v) is 1.84. The van der Waals surface area contributed by atoms with Gasteiger partial charge in [0.25, 0.3) is 0 Å². The molecule has 0 aliphatic rings. The van der Waals surface area contributed by atoms with Gasteiger partial charge in [0.05, 0.1) is 7.11 Å². The number of hydrogen-bond donors (Lipinski definition) is 2. The predicted octanol–water partition coefficient (Wildman–Crippen LogP) is 1.01. The lowest BCUT2D eigenvalue weighted by Crippen LogP contribution is -2.50. The molecule has 0 aliphatic heterocycles. The first kappa shape index (κ1) is 12.5. The Labute approximate surface area is 95.8 Å². The summed E-state index contributed by atoms with van der Waals surface area (Å²) in [5, 5.41) is 3.00. The van der Waals surface area contributed by atoms with Gasteiger partial charge < -0.3 is 15.8 Å². The van der Waals surface area contributed by atoms with E-state index < -0.39 is 5.54 Å². The zero-order valence-electron chi connectivity index (χ0n) is 9.91. The van der Waals surface area contributed by atoms with Crippen LogP contribution >= 0.6 is 0 Å². The summed E-state index contributed by atoms with van der Waals surface area (Å²) in [6, 6.07) is 7.34. The monoisotopic (exact) mass is 222 g/mol. The Morgan fingerprint density at radius 2 is 2.00 bits per heavy atom. The van der Waals surface area contributed by atoms with Crippen LogP contribution in [0.25, 0.3) is 0 Å². The van der Waals surface area contributed by atoms with Gasteiger partial charge in [-0.25, -0.2) is 0 Å². The summed E-state index contributed by atoms with van der Waals surface area (Å²) in [6.07, 6.45) is 0.602. The molecule has 0 bridgehead atoms. The molecule has 88 valence electrons. The topological polar surface area (TPSA) is 64.3 Å². The summed E-state index contributed by atoms with van der Waals surface area (Å²) < 4.78 is 5.07. The summed E-state index contributed by atoms with van der Waals surface area (Å²) in [7, 11) is 3.34. The molecule has 0 fully saturated rings. The summed E-state index contributed by atoms with van der Waals surface area (Å²) in [5.41, 5.74) is 5.52. The molecule has 3 N–H and O–H groups in total. The Morgan fingerprint density at radius 1 is 1.44 bits per heavy atom. The van der Waals surface area contributed by atoms with Crippen molar-refractivity contribution in [3.63, 3.8) is 0 Å². The first-order valence-electron chi connectivity index (χ1n) is 5.24. The Kier molecular flexibility index (Phi) is 3.90. The first-order valence-corrected chi connectivity index (χ1v) is 5.24. The van der Waals surface area contributed by atoms with Gasteiger partial charge in [-0.05, 0) is 31.2 Å². The molecule has 1 aromatic rings. The van der Waals surface area contributed by atoms with E-state index in [4.69, 9.17) is 10.5 Å². The zero-order valence-corrected chi connectivity index (χ0v) is 9.91. The lowest BCUT2D eigenvalue weighted by molar-refractivity contribution is -0.124. The van der Waals surface area contributed by atoms with Crippen LogP contribution in [0.2, 0.25) is 0 Å². The van der Waals surface area contributed by atoms with Crippen molar-refractivity contribution in [1.29, 1.82) is 0 Å². The van der Waals surface area contributed by atoms with E-state index in [-0.39, 0.29) is 5.91 Å². The molecule has 0 spiro atoms. The molecule has 0 aliphatic carbocycles. The predicted molar refractivity (Wildman–Crippen MR) is 63.2 cm³/mol. The standard InChI is InChI=1S/C12H18N2O2/c1-4-12(14-2,11(13)15)9-5-7-10(16-3)8-6-9/h5-8,14H,4H2,1-3H3,(H2,13,15). The third-order valence-electron chi connectivity index (χ3n) is 2.96. The zero-order chi connectivity index (χ0) is 12.2. The lowest BCUT2D eigenvalue weighted by atomic mass is 9.86. The Bertz CT molecular complexity index is 356. The van der Waals surface area contributed by atoms with Crippen molar-refractivity contribution in [2.45, 2.75) is 18.9 Å². The van der Waals surface area contributed by atoms with Gasteiger partial charge in [-0.3, -0.25) is 4.79 Å². The molecule has 1 aromatic carbocycles. The van der Waals surface area contributed by atoms with Crippen LogP contribution in [0.15, 0.2) is 24.3 Å². The first-order chi connectivity index (χ1) is 7.60. The van der Waals surface area contributed by atoms with Crippen LogP contribution in [-0.2, 0) is 10.3 Å². The number of carbonyl (C=O) groups excluding carboxylic acids is 1. The fraction of sp³-hybridized carbons (Fsp3) is 0.417. The van der Waals surface area contributed by atoms with E-state index in [0.29, 0.717) is 6.42 Å². The van der Waals surface area contributed by atoms with Crippen LogP contribution in [0, 0.1) is 0 Å². The number of primary amides is 1. The molecular formula is C12H18N2O2. The summed E-state index contributed by atoms with van der Waals surface area (Å²) in [6.45, 7) is 1.92. The lowest BCUT2D eigenvalue weighted by Gasteiger charge is -2.29. The van der Waals surface area contributed by atoms with Crippen molar-refractivity contribution in [3.8, 4) is 5.75 Å². The molecule has 1 rings (SSSR count). The van der Waals surface area contributed by atoms with Crippen LogP contribution in [-0.4, -0.2) is 20.1 Å². The number of likely N-dealkylation sites (N-methyl/N-ethyl adjacent to an activating group) is 1. The summed E-state index contributed by atoms with van der Waals surface area (Å²) in [5.74, 6) is 0.386. The highest BCUT2D eigenvalue weighted by Gasteiger charge is 2.34. The quantitative estimate of drug-likeness (QED) is 0.781. The number of ether oxygens (including phenoxy) is 1. The second-order valence-corrected chi connectivity index (χ2v) is 3.60. The summed E-state index contributed by atoms with van der Waals surface area (Å²) in [4.78, 5) is 11.6. The molecule has 4 heteroatoms. The maximum atomic E-state index is 11.6. The average molecular weight is 222 g/mol. The fourth-order valence-electron chi connectivity index (χ4n) is 1.84. The van der Waals surface area contributed by atoms with Crippen molar-refractivity contribution in [3.05, 3.63) is 29.8 Å². The largest absolute Gasteiger partial charge is 0.497 e. The van der Waals surface area contributed by atoms with E-state index in [2.05, 4.69) is 5.32 Å². The van der Waals surface area contributed by atoms with Crippen molar-refractivity contribution in [1.82, 2.24) is 5.32 Å². The van der Waals surface area contributed by atoms with Crippen LogP contribution in [0.5, 0.6) is 5.75 Å². The second-order valence-electron chi connectivity index (χ2n) is 3.60. The molecule has 4 nitrogen and oxygen atoms in total. The summed E-state index contributed by atoms with van der Waals surface area (Å²) >= 11 is 0. The minimum atomic E-state index is -0.799. The molecule has 1 atom stereocenters. The minimum absolute atomic E-state index is 0.373. The highest BCUT2D eigenvalue weighted by molar-refractivity contribution is 5.86. The van der Waals surface area contributed by atoms with Gasteiger partial charge in [-0.2, -0.15) is 0 Å². The third kappa shape index (κ3) is 2.02. The van der Waals surface area contributed by atoms with Gasteiger partial charge in [0, 0.05) is 0 Å². The molecule has 0 saturated heterocycles. The van der Waals surface area contributed by atoms with Gasteiger partial charge in [0.2, 0.25) is 5.91 Å². The van der Waals surface area contributed by atoms with E-state index >= 15 is 0 Å². The molecule has 0 aromatic heterocycles. The number of amides is 1. The number of nitrogens with two attached hydrogens (primary N) is 1. The normalized spacial score (nSPS) is 14.2. The average Bonchev–Trinajstić information content (AvgIpc) is 2.32. The highest BCUT2D eigenvalue weighted by Crippen LogP contribution is 2.26. The molecule has 0 saturated carbocycles. The Hall–Kier alpha value is -1.55. The van der Waals surface area contributed by atoms with Crippen LogP contribution in [0.4, 0.5) is 0 Å². The van der Waals surface area contributed by atoms with Gasteiger partial charge in [-0.15, -0.1) is 0 Å². The number of carbonyl (C=O) groups is 1. The van der Waals surface area contributed by atoms with E-state index in [1.807, 2.05) is 31.2 Å². The van der Waals surface area contributed by atoms with E-state index in [1.54, 1.807) is 14.2 Å². The van der Waals surface area contributed by atoms with Gasteiger partial charge >= 0.3 is 0 Å². The van der Waals surface area contributed by atoms with Gasteiger partial charge in [0.15, 0.2) is 0 Å². The highest BCUT2D eigenvalue weighted by atomic mass is 16.5. The maximum absolute atomic E-state index is 11.6.